The van der Waals surface area contributed by atoms with E-state index in [0.29, 0.717) is 5.38 Å². The second kappa shape index (κ2) is 2.04. The van der Waals surface area contributed by atoms with E-state index >= 15 is 0 Å². The summed E-state index contributed by atoms with van der Waals surface area (Å²) in [6.07, 6.45) is 1.19. The van der Waals surface area contributed by atoms with Crippen molar-refractivity contribution in [3.63, 3.8) is 0 Å². The smallest absolute Gasteiger partial charge is 0.117 e. The summed E-state index contributed by atoms with van der Waals surface area (Å²) >= 11 is 5.68. The molecule has 0 amide bonds. The fourth-order valence-electron chi connectivity index (χ4n) is 0.468. The molecule has 1 atom stereocenters. The highest BCUT2D eigenvalue weighted by atomic mass is 35.5. The predicted molar refractivity (Wildman–Crippen MR) is 24.0 cm³/mol. The summed E-state index contributed by atoms with van der Waals surface area (Å²) < 4.78 is 0. The molecular formula is C4H7Cl2+. The first-order valence-electron chi connectivity index (χ1n) is 2.07. The van der Waals surface area contributed by atoms with E-state index in [1.165, 1.54) is 12.3 Å². The molecule has 1 unspecified atom stereocenters. The summed E-state index contributed by atoms with van der Waals surface area (Å²) in [5.74, 6) is 2.33. The number of rotatable bonds is 0. The standard InChI is InChI=1S/C4H7Cl2/c5-4-1-2-6-3-4/h4H,1-3H2/q+1. The van der Waals surface area contributed by atoms with Crippen molar-refractivity contribution in [3.8, 4) is 0 Å². The first-order valence-corrected chi connectivity index (χ1v) is 3.57. The lowest BCUT2D eigenvalue weighted by molar-refractivity contribution is -0.635. The van der Waals surface area contributed by atoms with Crippen LogP contribution in [0.4, 0.5) is 0 Å². The van der Waals surface area contributed by atoms with Crippen molar-refractivity contribution in [1.29, 1.82) is 0 Å². The SMILES string of the molecule is ClC1CC[Cl+]C1. The maximum absolute atomic E-state index is 5.68. The molecule has 6 heavy (non-hydrogen) atoms. The van der Waals surface area contributed by atoms with Gasteiger partial charge in [0.15, 0.2) is 11.8 Å². The van der Waals surface area contributed by atoms with Crippen molar-refractivity contribution in [1.82, 2.24) is 0 Å². The average Bonchev–Trinajstić information content (AvgIpc) is 1.86. The van der Waals surface area contributed by atoms with Crippen LogP contribution in [0.1, 0.15) is 6.42 Å². The van der Waals surface area contributed by atoms with Crippen LogP contribution >= 0.6 is 11.6 Å². The number of halogens is 2. The van der Waals surface area contributed by atoms with Crippen molar-refractivity contribution in [2.24, 2.45) is 0 Å². The monoisotopic (exact) mass is 125 g/mol. The average molecular weight is 126 g/mol. The van der Waals surface area contributed by atoms with Crippen molar-refractivity contribution < 1.29 is 10.8 Å². The molecule has 0 aromatic rings. The molecule has 0 spiro atoms. The third-order valence-electron chi connectivity index (χ3n) is 0.833. The molecule has 1 aliphatic heterocycles. The van der Waals surface area contributed by atoms with Gasteiger partial charge in [0, 0.05) is 6.42 Å². The first kappa shape index (κ1) is 4.73. The zero-order chi connectivity index (χ0) is 4.41. The predicted octanol–water partition coefficient (Wildman–Crippen LogP) is 1.08. The summed E-state index contributed by atoms with van der Waals surface area (Å²) in [5.41, 5.74) is 0. The van der Waals surface area contributed by atoms with Crippen molar-refractivity contribution >= 4 is 11.6 Å². The highest BCUT2D eigenvalue weighted by Gasteiger charge is 2.22. The Bertz CT molecular complexity index is 38.8. The minimum Gasteiger partial charge on any atom is -0.117 e. The van der Waals surface area contributed by atoms with Gasteiger partial charge >= 0.3 is 0 Å². The summed E-state index contributed by atoms with van der Waals surface area (Å²) in [6, 6.07) is 0. The van der Waals surface area contributed by atoms with Crippen LogP contribution in [0.2, 0.25) is 0 Å². The Hall–Kier alpha value is 0.580. The number of alkyl halides is 3. The second-order valence-corrected chi connectivity index (χ2v) is 3.10. The Balaban J connectivity index is 2.18. The van der Waals surface area contributed by atoms with Gasteiger partial charge in [0.05, 0.1) is 5.38 Å². The van der Waals surface area contributed by atoms with E-state index in [-0.39, 0.29) is 0 Å². The van der Waals surface area contributed by atoms with E-state index < -0.39 is 0 Å². The molecule has 0 aromatic heterocycles. The lowest BCUT2D eigenvalue weighted by Crippen LogP contribution is -1.92. The normalized spacial score (nSPS) is 34.5. The van der Waals surface area contributed by atoms with Gasteiger partial charge in [-0.3, -0.25) is 0 Å². The third kappa shape index (κ3) is 1.02. The van der Waals surface area contributed by atoms with Gasteiger partial charge in [0.2, 0.25) is 0 Å². The highest BCUT2D eigenvalue weighted by molar-refractivity contribution is 6.20. The fraction of sp³-hybridized carbons (Fsp3) is 1.00. The van der Waals surface area contributed by atoms with Crippen LogP contribution < -0.4 is 0 Å². The molecule has 1 rings (SSSR count). The minimum atomic E-state index is 0.457. The summed E-state index contributed by atoms with van der Waals surface area (Å²) in [6.45, 7) is 0. The maximum Gasteiger partial charge on any atom is 0.189 e. The van der Waals surface area contributed by atoms with Gasteiger partial charge in [0.25, 0.3) is 0 Å². The maximum atomic E-state index is 5.68. The molecule has 1 fully saturated rings. The van der Waals surface area contributed by atoms with Crippen molar-refractivity contribution in [2.45, 2.75) is 11.8 Å². The van der Waals surface area contributed by atoms with Gasteiger partial charge in [-0.05, 0) is 0 Å². The zero-order valence-electron chi connectivity index (χ0n) is 3.45. The Morgan fingerprint density at radius 1 is 1.67 bits per heavy atom. The minimum absolute atomic E-state index is 0.457. The molecule has 2 heteroatoms. The summed E-state index contributed by atoms with van der Waals surface area (Å²) in [7, 11) is 2.35. The van der Waals surface area contributed by atoms with Gasteiger partial charge in [-0.15, -0.1) is 11.6 Å². The highest BCUT2D eigenvalue weighted by Crippen LogP contribution is 2.09. The molecule has 1 saturated heterocycles. The van der Waals surface area contributed by atoms with E-state index in [4.69, 9.17) is 11.6 Å². The van der Waals surface area contributed by atoms with E-state index in [2.05, 4.69) is 10.8 Å². The van der Waals surface area contributed by atoms with Crippen molar-refractivity contribution in [3.05, 3.63) is 0 Å². The quantitative estimate of drug-likeness (QED) is 0.426. The van der Waals surface area contributed by atoms with Crippen LogP contribution in [-0.2, 0) is 0 Å². The van der Waals surface area contributed by atoms with Crippen LogP contribution in [0, 0.1) is 10.8 Å². The lowest BCUT2D eigenvalue weighted by atomic mass is 10.4. The van der Waals surface area contributed by atoms with Gasteiger partial charge in [0.1, 0.15) is 10.8 Å². The molecule has 1 aliphatic rings. The van der Waals surface area contributed by atoms with Crippen LogP contribution in [0.15, 0.2) is 0 Å². The van der Waals surface area contributed by atoms with Gasteiger partial charge in [-0.2, -0.15) is 0 Å². The number of hydrogen-bond donors (Lipinski definition) is 0. The van der Waals surface area contributed by atoms with Crippen LogP contribution in [0.3, 0.4) is 0 Å². The Labute approximate surface area is 46.6 Å². The van der Waals surface area contributed by atoms with Crippen molar-refractivity contribution in [2.75, 3.05) is 11.8 Å². The Kier molecular flexibility index (Phi) is 1.61. The largest absolute Gasteiger partial charge is 0.189 e. The fourth-order valence-corrected chi connectivity index (χ4v) is 1.90. The van der Waals surface area contributed by atoms with Crippen LogP contribution in [-0.4, -0.2) is 17.1 Å². The molecule has 0 aromatic carbocycles. The molecule has 0 radical (unpaired) electrons. The van der Waals surface area contributed by atoms with Gasteiger partial charge < -0.3 is 0 Å². The molecule has 36 valence electrons. The summed E-state index contributed by atoms with van der Waals surface area (Å²) in [5, 5.41) is 0.457. The molecular weight excluding hydrogens is 119 g/mol. The van der Waals surface area contributed by atoms with E-state index in [1.807, 2.05) is 0 Å². The van der Waals surface area contributed by atoms with Crippen LogP contribution in [0.25, 0.3) is 0 Å². The van der Waals surface area contributed by atoms with E-state index in [9.17, 15) is 0 Å². The molecule has 0 aliphatic carbocycles. The molecule has 1 heterocycles. The second-order valence-electron chi connectivity index (χ2n) is 1.42. The summed E-state index contributed by atoms with van der Waals surface area (Å²) in [4.78, 5) is 0. The Morgan fingerprint density at radius 2 is 2.50 bits per heavy atom. The molecule has 0 saturated carbocycles. The molecule has 0 N–H and O–H groups in total. The van der Waals surface area contributed by atoms with Gasteiger partial charge in [-0.25, -0.2) is 0 Å². The van der Waals surface area contributed by atoms with E-state index in [1.54, 1.807) is 0 Å². The Morgan fingerprint density at radius 3 is 2.67 bits per heavy atom. The number of hydrogen-bond acceptors (Lipinski definition) is 0. The van der Waals surface area contributed by atoms with Gasteiger partial charge in [-0.1, -0.05) is 0 Å². The zero-order valence-corrected chi connectivity index (χ0v) is 4.97. The van der Waals surface area contributed by atoms with E-state index in [0.717, 1.165) is 5.88 Å². The van der Waals surface area contributed by atoms with Crippen LogP contribution in [0.5, 0.6) is 0 Å². The third-order valence-corrected chi connectivity index (χ3v) is 2.44. The molecule has 0 nitrogen and oxygen atoms in total. The topological polar surface area (TPSA) is 0 Å². The first-order chi connectivity index (χ1) is 2.89. The lowest BCUT2D eigenvalue weighted by Gasteiger charge is -1.79. The molecule has 0 bridgehead atoms.